The van der Waals surface area contributed by atoms with Crippen LogP contribution in [-0.2, 0) is 51.2 Å². The van der Waals surface area contributed by atoms with Crippen molar-refractivity contribution in [3.8, 4) is 22.5 Å². The Balaban J connectivity index is 1.29. The molecule has 7 rings (SSSR count). The van der Waals surface area contributed by atoms with Gasteiger partial charge in [0.25, 0.3) is 11.5 Å². The molecule has 1 aliphatic rings. The van der Waals surface area contributed by atoms with E-state index in [2.05, 4.69) is 25.6 Å². The number of benzene rings is 1. The lowest BCUT2D eigenvalue weighted by Crippen LogP contribution is -2.58. The molecule has 6 heterocycles. The van der Waals surface area contributed by atoms with Crippen LogP contribution in [-0.4, -0.2) is 73.7 Å². The molecule has 1 atom stereocenters. The van der Waals surface area contributed by atoms with Crippen LogP contribution in [0.1, 0.15) is 56.1 Å². The first-order chi connectivity index (χ1) is 30.7. The molecule has 2 amide bonds. The number of carbonyl (C=O) groups is 2. The van der Waals surface area contributed by atoms with Crippen molar-refractivity contribution in [1.29, 1.82) is 0 Å². The number of pyridine rings is 2. The number of nitrogens with zero attached hydrogens (tertiary/aromatic N) is 9. The molecule has 0 bridgehead atoms. The van der Waals surface area contributed by atoms with E-state index < -0.39 is 121 Å². The van der Waals surface area contributed by atoms with Gasteiger partial charge in [-0.1, -0.05) is 0 Å². The molecule has 6 aromatic rings. The summed E-state index contributed by atoms with van der Waals surface area (Å²) in [5.41, 5.74) is -8.92. The third kappa shape index (κ3) is 7.03. The molecule has 19 heteroatoms. The molecule has 1 aromatic carbocycles. The van der Waals surface area contributed by atoms with Gasteiger partial charge in [-0.3, -0.25) is 28.4 Å². The number of aryl methyl sites for hydroxylation is 3. The number of nitrogens with one attached hydrogen (secondary N) is 1. The quantitative estimate of drug-likeness (QED) is 0.212. The molecule has 0 radical (unpaired) electrons. The monoisotopic (exact) mass is 791 g/mol. The SMILES string of the molecule is [2H]C([2H])([2H])n1cc(C[C@H](C(=O)NC(C)(C)C([2H])([2H])n2nc(C(F)(F)F)cc2-c2cc(F)c(=O)n(C([2H])([2H])[2H])c2)N2CCc3c(-c4nc5cnn(C([2H])([2H])[2H])c5cc4F)ccc(F)c3C2=O)cn1. The second kappa shape index (κ2) is 13.8. The summed E-state index contributed by atoms with van der Waals surface area (Å²) in [5.74, 6) is -6.33. The first kappa shape index (κ1) is 26.5. The number of aromatic nitrogens is 8. The average Bonchev–Trinajstić information content (AvgIpc) is 3.97. The van der Waals surface area contributed by atoms with Crippen LogP contribution in [0.4, 0.5) is 26.3 Å². The number of hydrogen-bond acceptors (Lipinski definition) is 7. The molecule has 292 valence electrons. The molecule has 1 N–H and O–H groups in total. The zero-order valence-corrected chi connectivity index (χ0v) is 28.9. The van der Waals surface area contributed by atoms with Crippen LogP contribution in [0, 0.1) is 17.5 Å². The molecule has 0 saturated carbocycles. The van der Waals surface area contributed by atoms with Crippen LogP contribution in [0.25, 0.3) is 33.5 Å². The fraction of sp³-hybridized carbons (Fsp3) is 0.324. The summed E-state index contributed by atoms with van der Waals surface area (Å²) in [4.78, 5) is 46.5. The molecule has 5 aromatic heterocycles. The fourth-order valence-electron chi connectivity index (χ4n) is 6.44. The summed E-state index contributed by atoms with van der Waals surface area (Å²) in [6, 6.07) is 1.66. The van der Waals surface area contributed by atoms with Crippen molar-refractivity contribution in [2.75, 3.05) is 6.54 Å². The highest BCUT2D eigenvalue weighted by molar-refractivity contribution is 6.01. The molecule has 0 saturated heterocycles. The first-order valence-corrected chi connectivity index (χ1v) is 16.4. The minimum atomic E-state index is -5.28. The van der Waals surface area contributed by atoms with Crippen molar-refractivity contribution in [3.05, 3.63) is 105 Å². The molecule has 0 unspecified atom stereocenters. The van der Waals surface area contributed by atoms with Gasteiger partial charge in [0.15, 0.2) is 17.3 Å². The number of alkyl halides is 3. The van der Waals surface area contributed by atoms with Crippen LogP contribution >= 0.6 is 0 Å². The van der Waals surface area contributed by atoms with Crippen molar-refractivity contribution < 1.29 is 51.0 Å². The minimum Gasteiger partial charge on any atom is -0.348 e. The Morgan fingerprint density at radius 3 is 2.52 bits per heavy atom. The van der Waals surface area contributed by atoms with Gasteiger partial charge in [-0.15, -0.1) is 0 Å². The van der Waals surface area contributed by atoms with Crippen LogP contribution in [0.15, 0.2) is 59.9 Å². The first-order valence-electron chi connectivity index (χ1n) is 21.9. The normalized spacial score (nSPS) is 17.9. The standard InChI is InChI=1S/C37H34F6N10O3/c1-36(2,18-53-27(13-30(48-53)37(41,42)43)20-11-25(40)34(55)49(3)17-20)47-33(54)29(10-19-14-44-50(4)16-19)52-9-8-21-22(6-7-23(38)31(21)35(52)56)32-24(39)12-28-26(46-32)15-45-51(28)5/h6-7,11-17,29H,8-10,18H2,1-5H3,(H,47,54)/t29-/m1/s1/i3D3,4D3,5D3,18D2. The van der Waals surface area contributed by atoms with Gasteiger partial charge in [0.1, 0.15) is 23.1 Å². The molecular weight excluding hydrogens is 746 g/mol. The molecule has 1 aliphatic heterocycles. The van der Waals surface area contributed by atoms with E-state index in [0.717, 1.165) is 55.5 Å². The highest BCUT2D eigenvalue weighted by Gasteiger charge is 2.40. The summed E-state index contributed by atoms with van der Waals surface area (Å²) < 4.78 is 178. The summed E-state index contributed by atoms with van der Waals surface area (Å²) in [6.07, 6.45) is -2.54. The number of amides is 2. The second-order valence-electron chi connectivity index (χ2n) is 13.3. The second-order valence-corrected chi connectivity index (χ2v) is 13.3. The van der Waals surface area contributed by atoms with Crippen LogP contribution in [0.2, 0.25) is 0 Å². The lowest BCUT2D eigenvalue weighted by molar-refractivity contribution is -0.141. The molecule has 0 spiro atoms. The topological polar surface area (TPSA) is 138 Å². The summed E-state index contributed by atoms with van der Waals surface area (Å²) in [5, 5.41) is 13.3. The maximum atomic E-state index is 15.9. The summed E-state index contributed by atoms with van der Waals surface area (Å²) in [6.45, 7) is -10.7. The lowest BCUT2D eigenvalue weighted by atomic mass is 9.90. The van der Waals surface area contributed by atoms with Gasteiger partial charge < -0.3 is 14.8 Å². The predicted molar refractivity (Wildman–Crippen MR) is 189 cm³/mol. The molecule has 0 fully saturated rings. The number of hydrogen-bond donors (Lipinski definition) is 1. The Kier molecular flexibility index (Phi) is 6.53. The number of rotatable bonds is 9. The fourth-order valence-corrected chi connectivity index (χ4v) is 6.44. The van der Waals surface area contributed by atoms with Gasteiger partial charge in [0.05, 0.1) is 43.9 Å². The minimum absolute atomic E-state index is 0.0117. The van der Waals surface area contributed by atoms with E-state index in [0.29, 0.717) is 21.6 Å². The number of fused-ring (bicyclic) bond motifs is 2. The van der Waals surface area contributed by atoms with Crippen LogP contribution < -0.4 is 10.9 Å². The largest absolute Gasteiger partial charge is 0.435 e. The van der Waals surface area contributed by atoms with Gasteiger partial charge >= 0.3 is 6.18 Å². The van der Waals surface area contributed by atoms with E-state index in [1.165, 1.54) is 0 Å². The van der Waals surface area contributed by atoms with E-state index in [9.17, 15) is 31.9 Å². The zero-order chi connectivity index (χ0) is 49.7. The van der Waals surface area contributed by atoms with Gasteiger partial charge in [-0.05, 0) is 55.7 Å². The van der Waals surface area contributed by atoms with Gasteiger partial charge in [-0.2, -0.15) is 28.5 Å². The Hall–Kier alpha value is -6.27. The molecule has 0 aliphatic carbocycles. The smallest absolute Gasteiger partial charge is 0.348 e. The maximum Gasteiger partial charge on any atom is 0.435 e. The Morgan fingerprint density at radius 2 is 1.80 bits per heavy atom. The van der Waals surface area contributed by atoms with Crippen LogP contribution in [0.5, 0.6) is 0 Å². The van der Waals surface area contributed by atoms with E-state index in [4.69, 9.17) is 15.1 Å². The maximum absolute atomic E-state index is 15.9. The third-order valence-electron chi connectivity index (χ3n) is 8.94. The van der Waals surface area contributed by atoms with Crippen molar-refractivity contribution in [3.63, 3.8) is 0 Å². The van der Waals surface area contributed by atoms with Gasteiger partial charge in [0.2, 0.25) is 5.91 Å². The van der Waals surface area contributed by atoms with E-state index in [1.54, 1.807) is 0 Å². The van der Waals surface area contributed by atoms with Crippen molar-refractivity contribution in [2.24, 2.45) is 20.9 Å². The molecular formula is C37H34F6N10O3. The van der Waals surface area contributed by atoms with Crippen LogP contribution in [0.3, 0.4) is 0 Å². The number of carbonyl (C=O) groups excluding carboxylic acids is 2. The van der Waals surface area contributed by atoms with E-state index >= 15 is 8.78 Å². The highest BCUT2D eigenvalue weighted by Crippen LogP contribution is 2.35. The lowest BCUT2D eigenvalue weighted by Gasteiger charge is -2.37. The van der Waals surface area contributed by atoms with Gasteiger partial charge in [-0.25, -0.2) is 18.2 Å². The van der Waals surface area contributed by atoms with E-state index in [1.807, 2.05) is 0 Å². The average molecular weight is 792 g/mol. The molecule has 56 heavy (non-hydrogen) atoms. The Bertz CT molecular complexity index is 3030. The van der Waals surface area contributed by atoms with E-state index in [-0.39, 0.29) is 49.5 Å². The number of halogens is 6. The summed E-state index contributed by atoms with van der Waals surface area (Å²) in [7, 11) is 0. The predicted octanol–water partition coefficient (Wildman–Crippen LogP) is 4.57. The zero-order valence-electron chi connectivity index (χ0n) is 39.9. The van der Waals surface area contributed by atoms with Gasteiger partial charge in [0, 0.05) is 75.8 Å². The van der Waals surface area contributed by atoms with Crippen molar-refractivity contribution >= 4 is 22.8 Å². The third-order valence-corrected chi connectivity index (χ3v) is 8.94. The van der Waals surface area contributed by atoms with Crippen molar-refractivity contribution in [1.82, 2.24) is 49.1 Å². The van der Waals surface area contributed by atoms with Crippen molar-refractivity contribution in [2.45, 2.75) is 50.9 Å². The highest BCUT2D eigenvalue weighted by atomic mass is 19.4. The Labute approximate surface area is 329 Å². The Morgan fingerprint density at radius 1 is 1.00 bits per heavy atom. The summed E-state index contributed by atoms with van der Waals surface area (Å²) >= 11 is 0. The molecule has 13 nitrogen and oxygen atoms in total.